The number of rotatable bonds is 7. The van der Waals surface area contributed by atoms with Gasteiger partial charge in [0.2, 0.25) is 0 Å². The van der Waals surface area contributed by atoms with Crippen LogP contribution in [0.15, 0.2) is 80.1 Å². The Labute approximate surface area is 201 Å². The molecule has 3 aromatic carbocycles. The molecule has 0 unspecified atom stereocenters. The fraction of sp³-hybridized carbons (Fsp3) is 0.167. The van der Waals surface area contributed by atoms with Crippen LogP contribution in [0.25, 0.3) is 11.0 Å². The van der Waals surface area contributed by atoms with Crippen molar-refractivity contribution < 1.29 is 17.9 Å². The van der Waals surface area contributed by atoms with E-state index in [4.69, 9.17) is 4.74 Å². The van der Waals surface area contributed by atoms with Crippen LogP contribution >= 0.6 is 11.8 Å². The summed E-state index contributed by atoms with van der Waals surface area (Å²) in [6, 6.07) is 16.6. The molecular formula is C24H23N3O5S2. The van der Waals surface area contributed by atoms with E-state index in [9.17, 15) is 18.0 Å². The second kappa shape index (κ2) is 9.03. The number of ether oxygens (including phenoxy) is 1. The van der Waals surface area contributed by atoms with E-state index >= 15 is 0 Å². The molecule has 176 valence electrons. The number of methoxy groups -OCH3 is 1. The lowest BCUT2D eigenvalue weighted by Gasteiger charge is -2.14. The number of sulfonamides is 1. The predicted octanol–water partition coefficient (Wildman–Crippen LogP) is 4.04. The maximum absolute atomic E-state index is 13.2. The summed E-state index contributed by atoms with van der Waals surface area (Å²) in [5.74, 6) is 0.561. The maximum atomic E-state index is 13.2. The molecule has 0 aliphatic carbocycles. The topological polar surface area (TPSA) is 99.4 Å². The van der Waals surface area contributed by atoms with Gasteiger partial charge in [-0.1, -0.05) is 23.9 Å². The van der Waals surface area contributed by atoms with Crippen LogP contribution in [0.3, 0.4) is 0 Å². The quantitative estimate of drug-likeness (QED) is 0.387. The molecular weight excluding hydrogens is 474 g/mol. The Balaban J connectivity index is 1.80. The number of nitrogens with zero attached hydrogens (tertiary/aromatic N) is 2. The SMILES string of the molecule is COc1ccc(Sc2cc3c(cc2NS(=O)(=O)c2ccc(C(C)=O)cc2)n(C)c(=O)n3C)cc1. The molecule has 0 aliphatic heterocycles. The van der Waals surface area contributed by atoms with Gasteiger partial charge in [0.1, 0.15) is 5.75 Å². The molecule has 0 saturated carbocycles. The van der Waals surface area contributed by atoms with Gasteiger partial charge >= 0.3 is 5.69 Å². The van der Waals surface area contributed by atoms with Crippen LogP contribution in [0.5, 0.6) is 5.75 Å². The number of Topliss-reactive ketones (excluding diaryl/α,β-unsaturated/α-hetero) is 1. The van der Waals surface area contributed by atoms with Crippen molar-refractivity contribution in [1.29, 1.82) is 0 Å². The smallest absolute Gasteiger partial charge is 0.328 e. The molecule has 0 atom stereocenters. The molecule has 10 heteroatoms. The van der Waals surface area contributed by atoms with Crippen LogP contribution in [0.4, 0.5) is 5.69 Å². The molecule has 4 rings (SSSR count). The van der Waals surface area contributed by atoms with Crippen LogP contribution in [-0.4, -0.2) is 30.4 Å². The minimum Gasteiger partial charge on any atom is -0.497 e. The molecule has 0 aliphatic rings. The molecule has 1 N–H and O–H groups in total. The summed E-state index contributed by atoms with van der Waals surface area (Å²) in [6.07, 6.45) is 0. The first-order valence-electron chi connectivity index (χ1n) is 10.3. The molecule has 0 radical (unpaired) electrons. The molecule has 0 bridgehead atoms. The summed E-state index contributed by atoms with van der Waals surface area (Å²) in [5, 5.41) is 0. The van der Waals surface area contributed by atoms with E-state index in [1.807, 2.05) is 24.3 Å². The van der Waals surface area contributed by atoms with Crippen LogP contribution < -0.4 is 15.1 Å². The van der Waals surface area contributed by atoms with E-state index in [2.05, 4.69) is 4.72 Å². The van der Waals surface area contributed by atoms with Gasteiger partial charge < -0.3 is 4.74 Å². The zero-order valence-electron chi connectivity index (χ0n) is 19.0. The summed E-state index contributed by atoms with van der Waals surface area (Å²) in [6.45, 7) is 1.42. The monoisotopic (exact) mass is 497 g/mol. The van der Waals surface area contributed by atoms with Crippen molar-refractivity contribution in [3.63, 3.8) is 0 Å². The fourth-order valence-corrected chi connectivity index (χ4v) is 5.59. The van der Waals surface area contributed by atoms with E-state index in [0.29, 0.717) is 32.9 Å². The average Bonchev–Trinajstić information content (AvgIpc) is 3.03. The number of imidazole rings is 1. The van der Waals surface area contributed by atoms with Gasteiger partial charge in [0, 0.05) is 29.4 Å². The first kappa shape index (κ1) is 23.7. The highest BCUT2D eigenvalue weighted by Crippen LogP contribution is 2.37. The number of ketones is 1. The molecule has 0 amide bonds. The number of carbonyl (C=O) groups excluding carboxylic acids is 1. The predicted molar refractivity (Wildman–Crippen MR) is 133 cm³/mol. The molecule has 0 spiro atoms. The van der Waals surface area contributed by atoms with Crippen molar-refractivity contribution in [2.45, 2.75) is 21.6 Å². The van der Waals surface area contributed by atoms with Crippen LogP contribution in [0.2, 0.25) is 0 Å². The Morgan fingerprint density at radius 3 is 2.09 bits per heavy atom. The van der Waals surface area contributed by atoms with Gasteiger partial charge in [-0.2, -0.15) is 0 Å². The Kier molecular flexibility index (Phi) is 6.28. The first-order chi connectivity index (χ1) is 16.1. The third-order valence-corrected chi connectivity index (χ3v) is 7.92. The fourth-order valence-electron chi connectivity index (χ4n) is 3.53. The third-order valence-electron chi connectivity index (χ3n) is 5.48. The number of hydrogen-bond acceptors (Lipinski definition) is 6. The zero-order chi connectivity index (χ0) is 24.6. The third kappa shape index (κ3) is 4.46. The van der Waals surface area contributed by atoms with Gasteiger partial charge in [-0.3, -0.25) is 18.7 Å². The van der Waals surface area contributed by atoms with Crippen molar-refractivity contribution >= 4 is 44.3 Å². The van der Waals surface area contributed by atoms with Crippen molar-refractivity contribution in [3.05, 3.63) is 76.7 Å². The second-order valence-electron chi connectivity index (χ2n) is 7.70. The normalized spacial score (nSPS) is 11.5. The average molecular weight is 498 g/mol. The van der Waals surface area contributed by atoms with Gasteiger partial charge in [0.25, 0.3) is 10.0 Å². The molecule has 8 nitrogen and oxygen atoms in total. The number of hydrogen-bond donors (Lipinski definition) is 1. The lowest BCUT2D eigenvalue weighted by Crippen LogP contribution is -2.19. The Morgan fingerprint density at radius 2 is 1.53 bits per heavy atom. The Morgan fingerprint density at radius 1 is 0.941 bits per heavy atom. The van der Waals surface area contributed by atoms with Crippen molar-refractivity contribution in [2.24, 2.45) is 14.1 Å². The number of nitrogens with one attached hydrogen (secondary N) is 1. The Bertz CT molecular complexity index is 1550. The van der Waals surface area contributed by atoms with E-state index in [1.54, 1.807) is 33.3 Å². The highest BCUT2D eigenvalue weighted by Gasteiger charge is 2.20. The molecule has 0 fully saturated rings. The highest BCUT2D eigenvalue weighted by atomic mass is 32.2. The van der Waals surface area contributed by atoms with Crippen molar-refractivity contribution in [1.82, 2.24) is 9.13 Å². The highest BCUT2D eigenvalue weighted by molar-refractivity contribution is 7.99. The largest absolute Gasteiger partial charge is 0.497 e. The van der Waals surface area contributed by atoms with Crippen molar-refractivity contribution in [2.75, 3.05) is 11.8 Å². The van der Waals surface area contributed by atoms with E-state index in [-0.39, 0.29) is 16.4 Å². The Hall–Kier alpha value is -3.50. The van der Waals surface area contributed by atoms with Crippen LogP contribution in [-0.2, 0) is 24.1 Å². The summed E-state index contributed by atoms with van der Waals surface area (Å²) in [4.78, 5) is 25.5. The maximum Gasteiger partial charge on any atom is 0.328 e. The summed E-state index contributed by atoms with van der Waals surface area (Å²) in [5.41, 5.74) is 1.82. The van der Waals surface area contributed by atoms with Gasteiger partial charge in [0.05, 0.1) is 28.7 Å². The van der Waals surface area contributed by atoms with Crippen LogP contribution in [0, 0.1) is 0 Å². The summed E-state index contributed by atoms with van der Waals surface area (Å²) >= 11 is 1.36. The number of fused-ring (bicyclic) bond motifs is 1. The molecule has 34 heavy (non-hydrogen) atoms. The zero-order valence-corrected chi connectivity index (χ0v) is 20.7. The van der Waals surface area contributed by atoms with Gasteiger partial charge in [-0.05, 0) is 55.5 Å². The summed E-state index contributed by atoms with van der Waals surface area (Å²) < 4.78 is 37.2. The molecule has 0 saturated heterocycles. The van der Waals surface area contributed by atoms with E-state index in [1.165, 1.54) is 52.1 Å². The van der Waals surface area contributed by atoms with Gasteiger partial charge in [-0.15, -0.1) is 0 Å². The molecule has 1 heterocycles. The minimum atomic E-state index is -3.95. The van der Waals surface area contributed by atoms with Crippen molar-refractivity contribution in [3.8, 4) is 5.75 Å². The standard InChI is InChI=1S/C24H23N3O5S2/c1-15(28)16-5-11-19(12-6-16)34(30,31)25-20-13-21-22(27(3)24(29)26(21)2)14-23(20)33-18-9-7-17(32-4)8-10-18/h5-14,25H,1-4H3. The minimum absolute atomic E-state index is 0.0277. The van der Waals surface area contributed by atoms with Gasteiger partial charge in [0.15, 0.2) is 5.78 Å². The number of benzene rings is 3. The number of anilines is 1. The first-order valence-corrected chi connectivity index (χ1v) is 12.6. The second-order valence-corrected chi connectivity index (χ2v) is 10.5. The van der Waals surface area contributed by atoms with E-state index in [0.717, 1.165) is 4.90 Å². The number of aromatic nitrogens is 2. The number of aryl methyl sites for hydroxylation is 2. The van der Waals surface area contributed by atoms with E-state index < -0.39 is 10.0 Å². The summed E-state index contributed by atoms with van der Waals surface area (Å²) in [7, 11) is 0.942. The lowest BCUT2D eigenvalue weighted by molar-refractivity contribution is 0.101. The van der Waals surface area contributed by atoms with Gasteiger partial charge in [-0.25, -0.2) is 13.2 Å². The molecule has 4 aromatic rings. The number of carbonyl (C=O) groups is 1. The molecule has 1 aromatic heterocycles. The lowest BCUT2D eigenvalue weighted by atomic mass is 10.2. The van der Waals surface area contributed by atoms with Crippen LogP contribution in [0.1, 0.15) is 17.3 Å².